The lowest BCUT2D eigenvalue weighted by molar-refractivity contribution is 0.575. The van der Waals surface area contributed by atoms with Crippen LogP contribution in [0.5, 0.6) is 0 Å². The minimum atomic E-state index is 0.644. The van der Waals surface area contributed by atoms with E-state index in [2.05, 4.69) is 35.7 Å². The standard InChI is InChI=1S/C22H40N3/c1-4-6-8-10-12-14-16-18-21-23-20(3)24-22(25-21)19-17-15-13-11-9-7-5-2/h3-19H2,1-2H3. The van der Waals surface area contributed by atoms with Crippen LogP contribution >= 0.6 is 0 Å². The van der Waals surface area contributed by atoms with Crippen molar-refractivity contribution in [3.05, 3.63) is 24.4 Å². The Hall–Kier alpha value is -0.990. The molecular formula is C22H40N3. The Morgan fingerprint density at radius 2 is 0.880 bits per heavy atom. The van der Waals surface area contributed by atoms with Crippen molar-refractivity contribution in [3.63, 3.8) is 0 Å². The zero-order valence-electron chi connectivity index (χ0n) is 16.9. The van der Waals surface area contributed by atoms with Crippen LogP contribution < -0.4 is 0 Å². The molecule has 0 saturated heterocycles. The van der Waals surface area contributed by atoms with Crippen molar-refractivity contribution in [1.82, 2.24) is 15.0 Å². The highest BCUT2D eigenvalue weighted by atomic mass is 15.0. The average molecular weight is 347 g/mol. The third kappa shape index (κ3) is 12.1. The molecule has 1 rings (SSSR count). The molecule has 0 spiro atoms. The van der Waals surface area contributed by atoms with Gasteiger partial charge in [0.15, 0.2) is 0 Å². The van der Waals surface area contributed by atoms with Gasteiger partial charge in [-0.3, -0.25) is 0 Å². The zero-order chi connectivity index (χ0) is 18.2. The highest BCUT2D eigenvalue weighted by Gasteiger charge is 2.04. The van der Waals surface area contributed by atoms with Crippen LogP contribution in [0.1, 0.15) is 121 Å². The first kappa shape index (κ1) is 22.1. The highest BCUT2D eigenvalue weighted by molar-refractivity contribution is 5.00. The second-order valence-electron chi connectivity index (χ2n) is 7.33. The van der Waals surface area contributed by atoms with Crippen LogP contribution in [0.3, 0.4) is 0 Å². The highest BCUT2D eigenvalue weighted by Crippen LogP contribution is 2.11. The second kappa shape index (κ2) is 15.3. The fourth-order valence-corrected chi connectivity index (χ4v) is 3.23. The van der Waals surface area contributed by atoms with Gasteiger partial charge in [-0.2, -0.15) is 0 Å². The number of rotatable bonds is 16. The summed E-state index contributed by atoms with van der Waals surface area (Å²) < 4.78 is 0. The van der Waals surface area contributed by atoms with Crippen molar-refractivity contribution in [1.29, 1.82) is 0 Å². The largest absolute Gasteiger partial charge is 0.218 e. The van der Waals surface area contributed by atoms with E-state index in [1.807, 2.05) is 0 Å². The van der Waals surface area contributed by atoms with Crippen molar-refractivity contribution < 1.29 is 0 Å². The molecule has 143 valence electrons. The third-order valence-corrected chi connectivity index (χ3v) is 4.78. The molecule has 0 unspecified atom stereocenters. The molecule has 1 aromatic rings. The van der Waals surface area contributed by atoms with Crippen molar-refractivity contribution in [3.8, 4) is 0 Å². The topological polar surface area (TPSA) is 38.7 Å². The molecule has 0 aliphatic carbocycles. The minimum absolute atomic E-state index is 0.644. The molecular weight excluding hydrogens is 306 g/mol. The van der Waals surface area contributed by atoms with Gasteiger partial charge in [-0.05, 0) is 12.8 Å². The Balaban J connectivity index is 2.19. The molecule has 1 radical (unpaired) electrons. The van der Waals surface area contributed by atoms with E-state index < -0.39 is 0 Å². The summed E-state index contributed by atoms with van der Waals surface area (Å²) in [5.74, 6) is 2.55. The summed E-state index contributed by atoms with van der Waals surface area (Å²) in [5.41, 5.74) is 0. The number of aromatic nitrogens is 3. The number of nitrogens with zero attached hydrogens (tertiary/aromatic N) is 3. The zero-order valence-corrected chi connectivity index (χ0v) is 16.9. The first-order chi connectivity index (χ1) is 12.3. The summed E-state index contributed by atoms with van der Waals surface area (Å²) in [6, 6.07) is 0. The molecule has 0 atom stereocenters. The van der Waals surface area contributed by atoms with Gasteiger partial charge in [-0.15, -0.1) is 0 Å². The second-order valence-corrected chi connectivity index (χ2v) is 7.33. The summed E-state index contributed by atoms with van der Waals surface area (Å²) in [4.78, 5) is 13.5. The average Bonchev–Trinajstić information content (AvgIpc) is 2.60. The Labute approximate surface area is 156 Å². The molecule has 1 heterocycles. The van der Waals surface area contributed by atoms with E-state index in [1.165, 1.54) is 89.9 Å². The summed E-state index contributed by atoms with van der Waals surface area (Å²) in [7, 11) is 0. The van der Waals surface area contributed by atoms with Crippen LogP contribution in [0, 0.1) is 6.92 Å². The molecule has 0 N–H and O–H groups in total. The Kier molecular flexibility index (Phi) is 13.5. The molecule has 1 aromatic heterocycles. The number of unbranched alkanes of at least 4 members (excludes halogenated alkanes) is 12. The Morgan fingerprint density at radius 3 is 1.28 bits per heavy atom. The van der Waals surface area contributed by atoms with Crippen LogP contribution in [0.4, 0.5) is 0 Å². The molecule has 3 heteroatoms. The van der Waals surface area contributed by atoms with Gasteiger partial charge < -0.3 is 0 Å². The van der Waals surface area contributed by atoms with Gasteiger partial charge in [0.2, 0.25) is 0 Å². The quantitative estimate of drug-likeness (QED) is 0.315. The maximum absolute atomic E-state index is 4.67. The SMILES string of the molecule is [CH2]c1nc(CCCCCCCCC)nc(CCCCCCCCC)n1. The summed E-state index contributed by atoms with van der Waals surface area (Å²) in [6.07, 6.45) is 20.5. The van der Waals surface area contributed by atoms with Crippen LogP contribution in [0.2, 0.25) is 0 Å². The molecule has 0 aliphatic rings. The van der Waals surface area contributed by atoms with Crippen LogP contribution in [-0.2, 0) is 12.8 Å². The van der Waals surface area contributed by atoms with Crippen LogP contribution in [0.15, 0.2) is 0 Å². The van der Waals surface area contributed by atoms with Gasteiger partial charge in [0.05, 0.1) is 0 Å². The first-order valence-electron chi connectivity index (χ1n) is 10.8. The van der Waals surface area contributed by atoms with E-state index in [1.54, 1.807) is 0 Å². The third-order valence-electron chi connectivity index (χ3n) is 4.78. The van der Waals surface area contributed by atoms with Gasteiger partial charge in [-0.25, -0.2) is 15.0 Å². The molecule has 0 aliphatic heterocycles. The molecule has 0 saturated carbocycles. The van der Waals surface area contributed by atoms with E-state index in [0.717, 1.165) is 24.5 Å². The monoisotopic (exact) mass is 346 g/mol. The van der Waals surface area contributed by atoms with Crippen molar-refractivity contribution >= 4 is 0 Å². The Morgan fingerprint density at radius 1 is 0.520 bits per heavy atom. The van der Waals surface area contributed by atoms with E-state index >= 15 is 0 Å². The van der Waals surface area contributed by atoms with Crippen molar-refractivity contribution in [2.45, 2.75) is 117 Å². The fourth-order valence-electron chi connectivity index (χ4n) is 3.23. The van der Waals surface area contributed by atoms with Gasteiger partial charge >= 0.3 is 0 Å². The molecule has 0 bridgehead atoms. The number of aryl methyl sites for hydroxylation is 2. The summed E-state index contributed by atoms with van der Waals surface area (Å²) in [5, 5.41) is 0. The van der Waals surface area contributed by atoms with Crippen LogP contribution in [-0.4, -0.2) is 15.0 Å². The lowest BCUT2D eigenvalue weighted by Gasteiger charge is -2.06. The van der Waals surface area contributed by atoms with E-state index in [0.29, 0.717) is 5.82 Å². The summed E-state index contributed by atoms with van der Waals surface area (Å²) >= 11 is 0. The minimum Gasteiger partial charge on any atom is -0.218 e. The lowest BCUT2D eigenvalue weighted by Crippen LogP contribution is -2.06. The normalized spacial score (nSPS) is 11.2. The predicted molar refractivity (Wildman–Crippen MR) is 108 cm³/mol. The van der Waals surface area contributed by atoms with Crippen molar-refractivity contribution in [2.75, 3.05) is 0 Å². The first-order valence-corrected chi connectivity index (χ1v) is 10.8. The number of hydrogen-bond acceptors (Lipinski definition) is 3. The van der Waals surface area contributed by atoms with Crippen molar-refractivity contribution in [2.24, 2.45) is 0 Å². The van der Waals surface area contributed by atoms with E-state index in [-0.39, 0.29) is 0 Å². The summed E-state index contributed by atoms with van der Waals surface area (Å²) in [6.45, 7) is 8.47. The molecule has 3 nitrogen and oxygen atoms in total. The maximum Gasteiger partial charge on any atom is 0.133 e. The molecule has 0 amide bonds. The van der Waals surface area contributed by atoms with Crippen LogP contribution in [0.25, 0.3) is 0 Å². The lowest BCUT2D eigenvalue weighted by atomic mass is 10.1. The van der Waals surface area contributed by atoms with Gasteiger partial charge in [-0.1, -0.05) is 90.9 Å². The van der Waals surface area contributed by atoms with Gasteiger partial charge in [0.25, 0.3) is 0 Å². The predicted octanol–water partition coefficient (Wildman–Crippen LogP) is 6.64. The van der Waals surface area contributed by atoms with E-state index in [9.17, 15) is 0 Å². The van der Waals surface area contributed by atoms with Gasteiger partial charge in [0.1, 0.15) is 17.5 Å². The van der Waals surface area contributed by atoms with E-state index in [4.69, 9.17) is 0 Å². The molecule has 0 aromatic carbocycles. The Bertz CT molecular complexity index is 395. The number of hydrogen-bond donors (Lipinski definition) is 0. The maximum atomic E-state index is 4.67. The fraction of sp³-hybridized carbons (Fsp3) is 0.818. The molecule has 0 fully saturated rings. The molecule has 25 heavy (non-hydrogen) atoms. The van der Waals surface area contributed by atoms with Gasteiger partial charge in [0, 0.05) is 19.8 Å². The smallest absolute Gasteiger partial charge is 0.133 e.